The van der Waals surface area contributed by atoms with E-state index in [0.717, 1.165) is 4.90 Å². The molecule has 1 aliphatic rings. The average Bonchev–Trinajstić information content (AvgIpc) is 2.55. The van der Waals surface area contributed by atoms with Crippen molar-refractivity contribution in [1.29, 1.82) is 0 Å². The number of rotatable bonds is 3. The Labute approximate surface area is 96.4 Å². The first-order chi connectivity index (χ1) is 7.72. The molecule has 1 N–H and O–H groups in total. The molecule has 17 heavy (non-hydrogen) atoms. The maximum absolute atomic E-state index is 11.9. The maximum Gasteiger partial charge on any atom is 0.389 e. The number of hydrogen-bond donors (Lipinski definition) is 1. The highest BCUT2D eigenvalue weighted by atomic mass is 19.4. The van der Waals surface area contributed by atoms with E-state index in [1.54, 1.807) is 6.92 Å². The molecular weight excluding hydrogens is 239 g/mol. The largest absolute Gasteiger partial charge is 0.480 e. The molecule has 7 heteroatoms. The van der Waals surface area contributed by atoms with Crippen LogP contribution in [0.3, 0.4) is 0 Å². The van der Waals surface area contributed by atoms with Gasteiger partial charge in [0.05, 0.1) is 6.42 Å². The molecule has 0 saturated carbocycles. The lowest BCUT2D eigenvalue weighted by Crippen LogP contribution is -2.43. The Balaban J connectivity index is 2.60. The second-order valence-electron chi connectivity index (χ2n) is 4.25. The number of carboxylic acids is 1. The zero-order valence-electron chi connectivity index (χ0n) is 9.33. The summed E-state index contributed by atoms with van der Waals surface area (Å²) in [5.41, 5.74) is 0. The van der Waals surface area contributed by atoms with Crippen LogP contribution in [0.25, 0.3) is 0 Å². The van der Waals surface area contributed by atoms with Gasteiger partial charge in [-0.1, -0.05) is 6.92 Å². The summed E-state index contributed by atoms with van der Waals surface area (Å²) >= 11 is 0. The Kier molecular flexibility index (Phi) is 4.00. The molecule has 1 heterocycles. The summed E-state index contributed by atoms with van der Waals surface area (Å²) in [5, 5.41) is 8.91. The third-order valence-electron chi connectivity index (χ3n) is 2.90. The van der Waals surface area contributed by atoms with E-state index in [1.807, 2.05) is 0 Å². The van der Waals surface area contributed by atoms with Crippen LogP contribution in [0.4, 0.5) is 13.2 Å². The summed E-state index contributed by atoms with van der Waals surface area (Å²) in [6, 6.07) is -0.990. The highest BCUT2D eigenvalue weighted by Gasteiger charge is 2.40. The van der Waals surface area contributed by atoms with E-state index in [4.69, 9.17) is 5.11 Å². The second kappa shape index (κ2) is 4.93. The lowest BCUT2D eigenvalue weighted by molar-refractivity contribution is -0.155. The van der Waals surface area contributed by atoms with E-state index in [1.165, 1.54) is 0 Å². The monoisotopic (exact) mass is 253 g/mol. The number of alkyl halides is 3. The third-order valence-corrected chi connectivity index (χ3v) is 2.90. The van der Waals surface area contributed by atoms with Crippen molar-refractivity contribution in [3.05, 3.63) is 0 Å². The highest BCUT2D eigenvalue weighted by Crippen LogP contribution is 2.27. The van der Waals surface area contributed by atoms with Gasteiger partial charge < -0.3 is 10.0 Å². The molecule has 1 amide bonds. The molecule has 1 aliphatic heterocycles. The first-order valence-corrected chi connectivity index (χ1v) is 5.31. The molecule has 0 aromatic rings. The second-order valence-corrected chi connectivity index (χ2v) is 4.25. The van der Waals surface area contributed by atoms with Gasteiger partial charge in [0.2, 0.25) is 5.91 Å². The molecular formula is C10H14F3NO3. The molecule has 0 aromatic heterocycles. The molecule has 1 saturated heterocycles. The number of nitrogens with zero attached hydrogens (tertiary/aromatic N) is 1. The number of carbonyl (C=O) groups is 2. The first kappa shape index (κ1) is 13.8. The van der Waals surface area contributed by atoms with Crippen molar-refractivity contribution in [2.45, 2.75) is 38.4 Å². The van der Waals surface area contributed by atoms with Crippen LogP contribution in [0.1, 0.15) is 26.2 Å². The molecule has 0 aromatic carbocycles. The molecule has 2 unspecified atom stereocenters. The summed E-state index contributed by atoms with van der Waals surface area (Å²) in [5.74, 6) is -2.11. The van der Waals surface area contributed by atoms with Gasteiger partial charge in [-0.3, -0.25) is 4.79 Å². The van der Waals surface area contributed by atoms with Crippen molar-refractivity contribution in [3.8, 4) is 0 Å². The van der Waals surface area contributed by atoms with E-state index in [-0.39, 0.29) is 12.5 Å². The summed E-state index contributed by atoms with van der Waals surface area (Å²) < 4.78 is 35.8. The molecule has 0 bridgehead atoms. The van der Waals surface area contributed by atoms with Gasteiger partial charge in [0, 0.05) is 13.0 Å². The fraction of sp³-hybridized carbons (Fsp3) is 0.800. The minimum Gasteiger partial charge on any atom is -0.480 e. The van der Waals surface area contributed by atoms with Crippen LogP contribution in [0.15, 0.2) is 0 Å². The predicted octanol–water partition coefficient (Wildman–Crippen LogP) is 1.65. The van der Waals surface area contributed by atoms with Crippen LogP contribution in [-0.4, -0.2) is 40.6 Å². The van der Waals surface area contributed by atoms with Crippen molar-refractivity contribution < 1.29 is 27.9 Å². The number of carboxylic acid groups (broad SMARTS) is 1. The smallest absolute Gasteiger partial charge is 0.389 e. The highest BCUT2D eigenvalue weighted by molar-refractivity contribution is 5.84. The number of halogens is 3. The van der Waals surface area contributed by atoms with Gasteiger partial charge in [-0.05, 0) is 12.3 Å². The summed E-state index contributed by atoms with van der Waals surface area (Å²) in [7, 11) is 0. The van der Waals surface area contributed by atoms with Gasteiger partial charge in [-0.25, -0.2) is 4.79 Å². The lowest BCUT2D eigenvalue weighted by Gasteiger charge is -2.23. The van der Waals surface area contributed by atoms with E-state index < -0.39 is 36.9 Å². The van der Waals surface area contributed by atoms with Crippen molar-refractivity contribution in [2.75, 3.05) is 6.54 Å². The molecule has 0 radical (unpaired) electrons. The Morgan fingerprint density at radius 3 is 2.47 bits per heavy atom. The minimum atomic E-state index is -4.39. The van der Waals surface area contributed by atoms with E-state index >= 15 is 0 Å². The number of amides is 1. The number of carbonyl (C=O) groups excluding carboxylic acids is 1. The minimum absolute atomic E-state index is 0.217. The van der Waals surface area contributed by atoms with Gasteiger partial charge in [-0.2, -0.15) is 13.2 Å². The van der Waals surface area contributed by atoms with Crippen molar-refractivity contribution >= 4 is 11.9 Å². The SMILES string of the molecule is CC1CCN(C(=O)CCC(F)(F)F)C1C(=O)O. The first-order valence-electron chi connectivity index (χ1n) is 5.31. The van der Waals surface area contributed by atoms with Crippen molar-refractivity contribution in [2.24, 2.45) is 5.92 Å². The van der Waals surface area contributed by atoms with Gasteiger partial charge in [0.25, 0.3) is 0 Å². The fourth-order valence-electron chi connectivity index (χ4n) is 2.00. The molecule has 98 valence electrons. The third kappa shape index (κ3) is 3.61. The van der Waals surface area contributed by atoms with Crippen LogP contribution in [-0.2, 0) is 9.59 Å². The van der Waals surface area contributed by atoms with E-state index in [9.17, 15) is 22.8 Å². The van der Waals surface area contributed by atoms with Crippen LogP contribution < -0.4 is 0 Å². The summed E-state index contributed by atoms with van der Waals surface area (Å²) in [6.45, 7) is 1.89. The lowest BCUT2D eigenvalue weighted by atomic mass is 10.0. The van der Waals surface area contributed by atoms with Crippen molar-refractivity contribution in [3.63, 3.8) is 0 Å². The van der Waals surface area contributed by atoms with Crippen LogP contribution in [0.5, 0.6) is 0 Å². The van der Waals surface area contributed by atoms with Gasteiger partial charge >= 0.3 is 12.1 Å². The quantitative estimate of drug-likeness (QED) is 0.832. The molecule has 2 atom stereocenters. The number of hydrogen-bond acceptors (Lipinski definition) is 2. The van der Waals surface area contributed by atoms with Crippen LogP contribution in [0.2, 0.25) is 0 Å². The number of aliphatic carboxylic acids is 1. The molecule has 1 fully saturated rings. The van der Waals surface area contributed by atoms with Crippen LogP contribution in [0, 0.1) is 5.92 Å². The molecule has 4 nitrogen and oxygen atoms in total. The van der Waals surface area contributed by atoms with E-state index in [0.29, 0.717) is 6.42 Å². The average molecular weight is 253 g/mol. The van der Waals surface area contributed by atoms with Gasteiger partial charge in [0.1, 0.15) is 6.04 Å². The van der Waals surface area contributed by atoms with E-state index in [2.05, 4.69) is 0 Å². The topological polar surface area (TPSA) is 57.6 Å². The summed E-state index contributed by atoms with van der Waals surface area (Å²) in [6.07, 6.45) is -5.77. The predicted molar refractivity (Wildman–Crippen MR) is 52.2 cm³/mol. The Bertz CT molecular complexity index is 316. The fourth-order valence-corrected chi connectivity index (χ4v) is 2.00. The summed E-state index contributed by atoms with van der Waals surface area (Å²) in [4.78, 5) is 23.5. The molecule has 0 spiro atoms. The van der Waals surface area contributed by atoms with Gasteiger partial charge in [-0.15, -0.1) is 0 Å². The Morgan fingerprint density at radius 2 is 2.00 bits per heavy atom. The number of likely N-dealkylation sites (tertiary alicyclic amines) is 1. The molecule has 0 aliphatic carbocycles. The standard InChI is InChI=1S/C10H14F3NO3/c1-6-3-5-14(8(6)9(16)17)7(15)2-4-10(11,12)13/h6,8H,2-5H2,1H3,(H,16,17). The Hall–Kier alpha value is -1.27. The molecule has 1 rings (SSSR count). The zero-order chi connectivity index (χ0) is 13.2. The zero-order valence-corrected chi connectivity index (χ0v) is 9.33. The van der Waals surface area contributed by atoms with Crippen molar-refractivity contribution in [1.82, 2.24) is 4.90 Å². The van der Waals surface area contributed by atoms with Crippen LogP contribution >= 0.6 is 0 Å². The normalized spacial score (nSPS) is 25.1. The Morgan fingerprint density at radius 1 is 1.41 bits per heavy atom. The maximum atomic E-state index is 11.9. The van der Waals surface area contributed by atoms with Gasteiger partial charge in [0.15, 0.2) is 0 Å².